The number of hydrogen-bond acceptors (Lipinski definition) is 2. The molecule has 66 valence electrons. The van der Waals surface area contributed by atoms with E-state index in [0.29, 0.717) is 17.9 Å². The lowest BCUT2D eigenvalue weighted by Gasteiger charge is -2.27. The molecule has 0 amide bonds. The lowest BCUT2D eigenvalue weighted by Crippen LogP contribution is -2.35. The van der Waals surface area contributed by atoms with Gasteiger partial charge in [0.2, 0.25) is 0 Å². The molecule has 0 spiro atoms. The second kappa shape index (κ2) is 3.11. The van der Waals surface area contributed by atoms with Crippen LogP contribution in [0.3, 0.4) is 0 Å². The number of hydrogen-bond donors (Lipinski definition) is 1. The van der Waals surface area contributed by atoms with Gasteiger partial charge in [0.15, 0.2) is 0 Å². The van der Waals surface area contributed by atoms with Crippen LogP contribution in [0.25, 0.3) is 0 Å². The molecule has 2 N–H and O–H groups in total. The molecule has 0 aromatic heterocycles. The summed E-state index contributed by atoms with van der Waals surface area (Å²) in [6.45, 7) is 5.18. The van der Waals surface area contributed by atoms with Gasteiger partial charge in [-0.2, -0.15) is 0 Å². The minimum absolute atomic E-state index is 0.280. The summed E-state index contributed by atoms with van der Waals surface area (Å²) in [4.78, 5) is 0. The third kappa shape index (κ3) is 1.42. The molecule has 1 atom stereocenters. The van der Waals surface area contributed by atoms with Gasteiger partial charge in [-0.25, -0.2) is 0 Å². The average Bonchev–Trinajstić information content (AvgIpc) is 2.71. The zero-order valence-electron chi connectivity index (χ0n) is 7.76. The molecule has 1 aliphatic carbocycles. The van der Waals surface area contributed by atoms with E-state index in [1.54, 1.807) is 7.11 Å². The normalized spacial score (nSPS) is 23.7. The van der Waals surface area contributed by atoms with Crippen molar-refractivity contribution in [1.82, 2.24) is 0 Å². The monoisotopic (exact) mass is 157 g/mol. The Hall–Kier alpha value is -0.0800. The standard InChI is InChI=1S/C9H19NO/c1-7(2)9(4-5-9)8(6-10)11-3/h7-8H,4-6,10H2,1-3H3. The molecule has 0 heterocycles. The molecule has 2 heteroatoms. The lowest BCUT2D eigenvalue weighted by molar-refractivity contribution is 0.0255. The van der Waals surface area contributed by atoms with Crippen molar-refractivity contribution >= 4 is 0 Å². The van der Waals surface area contributed by atoms with Crippen molar-refractivity contribution < 1.29 is 4.74 Å². The summed E-state index contributed by atoms with van der Waals surface area (Å²) in [6, 6.07) is 0. The molecule has 0 aromatic carbocycles. The van der Waals surface area contributed by atoms with Crippen molar-refractivity contribution in [3.63, 3.8) is 0 Å². The number of rotatable bonds is 4. The number of ether oxygens (including phenoxy) is 1. The molecule has 2 nitrogen and oxygen atoms in total. The van der Waals surface area contributed by atoms with Crippen molar-refractivity contribution in [3.8, 4) is 0 Å². The van der Waals surface area contributed by atoms with Gasteiger partial charge < -0.3 is 10.5 Å². The SMILES string of the molecule is COC(CN)C1(C(C)C)CC1. The Morgan fingerprint density at radius 2 is 2.00 bits per heavy atom. The average molecular weight is 157 g/mol. The second-order valence-corrected chi connectivity index (χ2v) is 3.85. The van der Waals surface area contributed by atoms with Gasteiger partial charge in [0, 0.05) is 19.1 Å². The molecule has 0 aromatic rings. The summed E-state index contributed by atoms with van der Waals surface area (Å²) in [7, 11) is 1.76. The zero-order chi connectivity index (χ0) is 8.48. The first-order chi connectivity index (χ1) is 5.17. The van der Waals surface area contributed by atoms with Crippen molar-refractivity contribution in [3.05, 3.63) is 0 Å². The minimum Gasteiger partial charge on any atom is -0.380 e. The third-order valence-corrected chi connectivity index (χ3v) is 3.12. The minimum atomic E-state index is 0.280. The van der Waals surface area contributed by atoms with Crippen LogP contribution in [0.4, 0.5) is 0 Å². The van der Waals surface area contributed by atoms with Gasteiger partial charge in [-0.15, -0.1) is 0 Å². The summed E-state index contributed by atoms with van der Waals surface area (Å²) >= 11 is 0. The highest BCUT2D eigenvalue weighted by Crippen LogP contribution is 2.55. The molecular formula is C9H19NO. The summed E-state index contributed by atoms with van der Waals surface area (Å²) < 4.78 is 5.36. The Kier molecular flexibility index (Phi) is 2.55. The first-order valence-electron chi connectivity index (χ1n) is 4.40. The topological polar surface area (TPSA) is 35.2 Å². The highest BCUT2D eigenvalue weighted by atomic mass is 16.5. The first kappa shape index (κ1) is 9.01. The fourth-order valence-corrected chi connectivity index (χ4v) is 1.98. The maximum absolute atomic E-state index is 5.62. The Bertz CT molecular complexity index is 126. The van der Waals surface area contributed by atoms with E-state index in [1.165, 1.54) is 12.8 Å². The third-order valence-electron chi connectivity index (χ3n) is 3.12. The number of nitrogens with two attached hydrogens (primary N) is 1. The van der Waals surface area contributed by atoms with Crippen molar-refractivity contribution in [2.75, 3.05) is 13.7 Å². The van der Waals surface area contributed by atoms with Crippen LogP contribution in [0.5, 0.6) is 0 Å². The first-order valence-corrected chi connectivity index (χ1v) is 4.40. The van der Waals surface area contributed by atoms with Crippen molar-refractivity contribution in [2.45, 2.75) is 32.8 Å². The summed E-state index contributed by atoms with van der Waals surface area (Å²) in [5, 5.41) is 0. The largest absolute Gasteiger partial charge is 0.380 e. The molecular weight excluding hydrogens is 138 g/mol. The van der Waals surface area contributed by atoms with Gasteiger partial charge >= 0.3 is 0 Å². The van der Waals surface area contributed by atoms with Crippen LogP contribution in [0.1, 0.15) is 26.7 Å². The second-order valence-electron chi connectivity index (χ2n) is 3.85. The predicted molar refractivity (Wildman–Crippen MR) is 46.4 cm³/mol. The van der Waals surface area contributed by atoms with E-state index in [1.807, 2.05) is 0 Å². The molecule has 1 unspecified atom stereocenters. The predicted octanol–water partition coefficient (Wildman–Crippen LogP) is 1.40. The van der Waals surface area contributed by atoms with Crippen LogP contribution in [0.2, 0.25) is 0 Å². The Morgan fingerprint density at radius 1 is 1.45 bits per heavy atom. The van der Waals surface area contributed by atoms with E-state index in [2.05, 4.69) is 13.8 Å². The van der Waals surface area contributed by atoms with Crippen LogP contribution in [-0.4, -0.2) is 19.8 Å². The summed E-state index contributed by atoms with van der Waals surface area (Å²) in [5.41, 5.74) is 6.04. The zero-order valence-corrected chi connectivity index (χ0v) is 7.76. The molecule has 1 aliphatic rings. The van der Waals surface area contributed by atoms with E-state index in [4.69, 9.17) is 10.5 Å². The molecule has 1 saturated carbocycles. The lowest BCUT2D eigenvalue weighted by atomic mass is 9.86. The van der Waals surface area contributed by atoms with E-state index in [0.717, 1.165) is 0 Å². The van der Waals surface area contributed by atoms with E-state index in [9.17, 15) is 0 Å². The van der Waals surface area contributed by atoms with Gasteiger partial charge in [0.25, 0.3) is 0 Å². The van der Waals surface area contributed by atoms with Crippen LogP contribution >= 0.6 is 0 Å². The van der Waals surface area contributed by atoms with E-state index in [-0.39, 0.29) is 6.10 Å². The van der Waals surface area contributed by atoms with Gasteiger partial charge in [-0.1, -0.05) is 13.8 Å². The highest BCUT2D eigenvalue weighted by molar-refractivity contribution is 5.01. The molecule has 0 aliphatic heterocycles. The summed E-state index contributed by atoms with van der Waals surface area (Å²) in [5.74, 6) is 0.705. The van der Waals surface area contributed by atoms with Gasteiger partial charge in [-0.05, 0) is 18.8 Å². The van der Waals surface area contributed by atoms with Gasteiger partial charge in [-0.3, -0.25) is 0 Å². The van der Waals surface area contributed by atoms with Crippen LogP contribution in [0.15, 0.2) is 0 Å². The van der Waals surface area contributed by atoms with Crippen LogP contribution in [0, 0.1) is 11.3 Å². The van der Waals surface area contributed by atoms with Crippen LogP contribution in [-0.2, 0) is 4.74 Å². The molecule has 11 heavy (non-hydrogen) atoms. The fraction of sp³-hybridized carbons (Fsp3) is 1.00. The fourth-order valence-electron chi connectivity index (χ4n) is 1.98. The summed E-state index contributed by atoms with van der Waals surface area (Å²) in [6.07, 6.45) is 2.86. The Labute approximate surface area is 69.1 Å². The maximum atomic E-state index is 5.62. The Morgan fingerprint density at radius 3 is 2.09 bits per heavy atom. The van der Waals surface area contributed by atoms with Gasteiger partial charge in [0.05, 0.1) is 6.10 Å². The molecule has 0 saturated heterocycles. The van der Waals surface area contributed by atoms with E-state index < -0.39 is 0 Å². The molecule has 1 fully saturated rings. The molecule has 0 radical (unpaired) electrons. The Balaban J connectivity index is 2.55. The quantitative estimate of drug-likeness (QED) is 0.669. The highest BCUT2D eigenvalue weighted by Gasteiger charge is 2.51. The molecule has 1 rings (SSSR count). The maximum Gasteiger partial charge on any atom is 0.0752 e. The van der Waals surface area contributed by atoms with E-state index >= 15 is 0 Å². The van der Waals surface area contributed by atoms with Crippen molar-refractivity contribution in [2.24, 2.45) is 17.1 Å². The smallest absolute Gasteiger partial charge is 0.0752 e. The number of methoxy groups -OCH3 is 1. The van der Waals surface area contributed by atoms with Gasteiger partial charge in [0.1, 0.15) is 0 Å². The van der Waals surface area contributed by atoms with Crippen LogP contribution < -0.4 is 5.73 Å². The van der Waals surface area contributed by atoms with Crippen molar-refractivity contribution in [1.29, 1.82) is 0 Å². The molecule has 0 bridgehead atoms.